The molecule has 0 fully saturated rings. The van der Waals surface area contributed by atoms with Crippen molar-refractivity contribution in [2.45, 2.75) is 26.9 Å². The van der Waals surface area contributed by atoms with Crippen LogP contribution >= 0.6 is 0 Å². The van der Waals surface area contributed by atoms with Gasteiger partial charge in [0.05, 0.1) is 11.7 Å². The van der Waals surface area contributed by atoms with Gasteiger partial charge in [0.1, 0.15) is 11.5 Å². The highest BCUT2D eigenvalue weighted by atomic mass is 16.5. The Balaban J connectivity index is 2.13. The summed E-state index contributed by atoms with van der Waals surface area (Å²) in [5.41, 5.74) is 1.66. The van der Waals surface area contributed by atoms with Crippen molar-refractivity contribution in [3.8, 4) is 11.5 Å². The lowest BCUT2D eigenvalue weighted by molar-refractivity contribution is 0.0377. The fourth-order valence-electron chi connectivity index (χ4n) is 1.71. The molecule has 3 nitrogen and oxygen atoms in total. The van der Waals surface area contributed by atoms with Crippen molar-refractivity contribution in [1.82, 2.24) is 0 Å². The van der Waals surface area contributed by atoms with Crippen LogP contribution in [0.3, 0.4) is 0 Å². The molecule has 0 atom stereocenters. The summed E-state index contributed by atoms with van der Waals surface area (Å²) >= 11 is 0. The van der Waals surface area contributed by atoms with Gasteiger partial charge in [-0.15, -0.1) is 0 Å². The molecule has 0 saturated carbocycles. The van der Waals surface area contributed by atoms with Crippen LogP contribution in [0.15, 0.2) is 48.5 Å². The summed E-state index contributed by atoms with van der Waals surface area (Å²) in [5.74, 6) is 1.02. The predicted molar refractivity (Wildman–Crippen MR) is 78.2 cm³/mol. The Morgan fingerprint density at radius 1 is 1.00 bits per heavy atom. The Labute approximate surface area is 119 Å². The smallest absolute Gasteiger partial charge is 0.338 e. The number of carbonyl (C=O) groups excluding carboxylic acids is 1. The van der Waals surface area contributed by atoms with Crippen molar-refractivity contribution < 1.29 is 14.3 Å². The molecule has 2 aromatic rings. The molecule has 104 valence electrons. The molecular weight excluding hydrogens is 252 g/mol. The number of hydrogen-bond acceptors (Lipinski definition) is 3. The Hall–Kier alpha value is -2.29. The van der Waals surface area contributed by atoms with Gasteiger partial charge in [-0.25, -0.2) is 4.79 Å². The van der Waals surface area contributed by atoms with Crippen molar-refractivity contribution in [3.05, 3.63) is 59.7 Å². The minimum atomic E-state index is -0.339. The van der Waals surface area contributed by atoms with Gasteiger partial charge in [0.15, 0.2) is 0 Å². The van der Waals surface area contributed by atoms with Gasteiger partial charge < -0.3 is 9.47 Å². The Morgan fingerprint density at radius 3 is 2.35 bits per heavy atom. The maximum Gasteiger partial charge on any atom is 0.338 e. The van der Waals surface area contributed by atoms with Crippen LogP contribution in [0.5, 0.6) is 11.5 Å². The van der Waals surface area contributed by atoms with Crippen LogP contribution in [0.25, 0.3) is 0 Å². The zero-order valence-corrected chi connectivity index (χ0v) is 11.9. The number of benzene rings is 2. The molecule has 20 heavy (non-hydrogen) atoms. The van der Waals surface area contributed by atoms with E-state index in [0.717, 1.165) is 5.75 Å². The zero-order valence-electron chi connectivity index (χ0n) is 11.9. The first kappa shape index (κ1) is 14.1. The van der Waals surface area contributed by atoms with E-state index in [1.807, 2.05) is 51.1 Å². The Kier molecular flexibility index (Phi) is 4.41. The minimum absolute atomic E-state index is 0.135. The van der Waals surface area contributed by atoms with E-state index < -0.39 is 0 Å². The summed E-state index contributed by atoms with van der Waals surface area (Å²) in [6, 6.07) is 14.7. The summed E-state index contributed by atoms with van der Waals surface area (Å²) in [4.78, 5) is 11.8. The first-order valence-corrected chi connectivity index (χ1v) is 6.60. The average Bonchev–Trinajstić information content (AvgIpc) is 2.41. The number of carbonyl (C=O) groups is 1. The normalized spacial score (nSPS) is 10.4. The van der Waals surface area contributed by atoms with Crippen LogP contribution < -0.4 is 4.74 Å². The second kappa shape index (κ2) is 6.24. The van der Waals surface area contributed by atoms with Crippen molar-refractivity contribution in [1.29, 1.82) is 0 Å². The van der Waals surface area contributed by atoms with Crippen molar-refractivity contribution in [2.75, 3.05) is 0 Å². The van der Waals surface area contributed by atoms with Gasteiger partial charge in [-0.05, 0) is 51.1 Å². The molecule has 0 aliphatic heterocycles. The van der Waals surface area contributed by atoms with Crippen LogP contribution in [0, 0.1) is 6.92 Å². The van der Waals surface area contributed by atoms with E-state index in [1.54, 1.807) is 18.2 Å². The predicted octanol–water partition coefficient (Wildman–Crippen LogP) is 4.35. The molecule has 0 spiro atoms. The monoisotopic (exact) mass is 270 g/mol. The molecule has 0 aliphatic carbocycles. The quantitative estimate of drug-likeness (QED) is 0.775. The molecule has 0 aliphatic rings. The van der Waals surface area contributed by atoms with Crippen LogP contribution in [-0.2, 0) is 4.74 Å². The molecule has 2 aromatic carbocycles. The molecule has 0 aromatic heterocycles. The molecule has 2 rings (SSSR count). The number of esters is 1. The SMILES string of the molecule is Cc1ccc(Oc2cccc(C(=O)OC(C)C)c2)cc1. The van der Waals surface area contributed by atoms with Gasteiger partial charge in [0.25, 0.3) is 0 Å². The second-order valence-electron chi connectivity index (χ2n) is 4.90. The van der Waals surface area contributed by atoms with E-state index in [9.17, 15) is 4.79 Å². The maximum absolute atomic E-state index is 11.8. The Bertz CT molecular complexity index is 585. The number of ether oxygens (including phenoxy) is 2. The molecule has 0 heterocycles. The third-order valence-electron chi connectivity index (χ3n) is 2.67. The standard InChI is InChI=1S/C17H18O3/c1-12(2)19-17(18)14-5-4-6-16(11-14)20-15-9-7-13(3)8-10-15/h4-12H,1-3H3. The second-order valence-corrected chi connectivity index (χ2v) is 4.90. The van der Waals surface area contributed by atoms with Gasteiger partial charge in [-0.3, -0.25) is 0 Å². The molecular formula is C17H18O3. The van der Waals surface area contributed by atoms with Crippen molar-refractivity contribution in [2.24, 2.45) is 0 Å². The highest BCUT2D eigenvalue weighted by molar-refractivity contribution is 5.89. The molecule has 3 heteroatoms. The maximum atomic E-state index is 11.8. The number of hydrogen-bond donors (Lipinski definition) is 0. The van der Waals surface area contributed by atoms with Crippen LogP contribution in [-0.4, -0.2) is 12.1 Å². The largest absolute Gasteiger partial charge is 0.459 e. The van der Waals surface area contributed by atoms with E-state index in [2.05, 4.69) is 0 Å². The van der Waals surface area contributed by atoms with E-state index >= 15 is 0 Å². The van der Waals surface area contributed by atoms with Gasteiger partial charge in [0.2, 0.25) is 0 Å². The average molecular weight is 270 g/mol. The van der Waals surface area contributed by atoms with E-state index in [4.69, 9.17) is 9.47 Å². The first-order valence-electron chi connectivity index (χ1n) is 6.60. The molecule has 0 bridgehead atoms. The van der Waals surface area contributed by atoms with Crippen LogP contribution in [0.2, 0.25) is 0 Å². The summed E-state index contributed by atoms with van der Waals surface area (Å²) < 4.78 is 10.9. The Morgan fingerprint density at radius 2 is 1.70 bits per heavy atom. The minimum Gasteiger partial charge on any atom is -0.459 e. The number of rotatable bonds is 4. The third-order valence-corrected chi connectivity index (χ3v) is 2.67. The van der Waals surface area contributed by atoms with Crippen molar-refractivity contribution >= 4 is 5.97 Å². The molecule has 0 saturated heterocycles. The van der Waals surface area contributed by atoms with Gasteiger partial charge in [-0.2, -0.15) is 0 Å². The van der Waals surface area contributed by atoms with Crippen molar-refractivity contribution in [3.63, 3.8) is 0 Å². The fraction of sp³-hybridized carbons (Fsp3) is 0.235. The summed E-state index contributed by atoms with van der Waals surface area (Å²) in [7, 11) is 0. The zero-order chi connectivity index (χ0) is 14.5. The van der Waals surface area contributed by atoms with Gasteiger partial charge in [0, 0.05) is 0 Å². The molecule has 0 N–H and O–H groups in total. The van der Waals surface area contributed by atoms with E-state index in [-0.39, 0.29) is 12.1 Å². The highest BCUT2D eigenvalue weighted by Crippen LogP contribution is 2.23. The molecule has 0 radical (unpaired) electrons. The number of aryl methyl sites for hydroxylation is 1. The third kappa shape index (κ3) is 3.85. The lowest BCUT2D eigenvalue weighted by Gasteiger charge is -2.10. The van der Waals surface area contributed by atoms with Gasteiger partial charge >= 0.3 is 5.97 Å². The van der Waals surface area contributed by atoms with E-state index in [1.165, 1.54) is 5.56 Å². The van der Waals surface area contributed by atoms with Crippen LogP contribution in [0.1, 0.15) is 29.8 Å². The van der Waals surface area contributed by atoms with Gasteiger partial charge in [-0.1, -0.05) is 23.8 Å². The lowest BCUT2D eigenvalue weighted by Crippen LogP contribution is -2.11. The summed E-state index contributed by atoms with van der Waals surface area (Å²) in [6.45, 7) is 5.67. The highest BCUT2D eigenvalue weighted by Gasteiger charge is 2.10. The molecule has 0 amide bonds. The van der Waals surface area contributed by atoms with Crippen LogP contribution in [0.4, 0.5) is 0 Å². The summed E-state index contributed by atoms with van der Waals surface area (Å²) in [5, 5.41) is 0. The first-order chi connectivity index (χ1) is 9.54. The topological polar surface area (TPSA) is 35.5 Å². The lowest BCUT2D eigenvalue weighted by atomic mass is 10.2. The fourth-order valence-corrected chi connectivity index (χ4v) is 1.71. The summed E-state index contributed by atoms with van der Waals surface area (Å²) in [6.07, 6.45) is -0.135. The van der Waals surface area contributed by atoms with E-state index in [0.29, 0.717) is 11.3 Å². The molecule has 0 unspecified atom stereocenters.